The molecule has 1 aromatic rings. The van der Waals surface area contributed by atoms with Gasteiger partial charge in [-0.05, 0) is 32.0 Å². The first-order valence-electron chi connectivity index (χ1n) is 6.72. The molecule has 0 radical (unpaired) electrons. The van der Waals surface area contributed by atoms with Crippen molar-refractivity contribution < 1.29 is 9.53 Å². The highest BCUT2D eigenvalue weighted by molar-refractivity contribution is 9.10. The van der Waals surface area contributed by atoms with Crippen LogP contribution in [0.15, 0.2) is 22.7 Å². The molecule has 0 aliphatic carbocycles. The van der Waals surface area contributed by atoms with Crippen LogP contribution < -0.4 is 0 Å². The van der Waals surface area contributed by atoms with Gasteiger partial charge in [-0.1, -0.05) is 27.5 Å². The van der Waals surface area contributed by atoms with E-state index in [4.69, 9.17) is 16.3 Å². The van der Waals surface area contributed by atoms with Gasteiger partial charge in [-0.3, -0.25) is 9.69 Å². The molecule has 0 atom stereocenters. The molecular formula is C15H19BrClNO2. The van der Waals surface area contributed by atoms with Crippen LogP contribution in [-0.4, -0.2) is 42.5 Å². The van der Waals surface area contributed by atoms with Gasteiger partial charge in [0.2, 0.25) is 0 Å². The van der Waals surface area contributed by atoms with Crippen molar-refractivity contribution in [3.63, 3.8) is 0 Å². The number of carbonyl (C=O) groups excluding carboxylic acids is 1. The summed E-state index contributed by atoms with van der Waals surface area (Å²) < 4.78 is 6.55. The molecule has 110 valence electrons. The predicted octanol–water partition coefficient (Wildman–Crippen LogP) is 3.79. The first-order chi connectivity index (χ1) is 9.37. The molecule has 0 saturated carbocycles. The molecule has 1 aliphatic rings. The molecule has 0 bridgehead atoms. The highest BCUT2D eigenvalue weighted by Gasteiger charge is 2.27. The Kier molecular flexibility index (Phi) is 5.24. The zero-order chi connectivity index (χ0) is 14.8. The Hall–Kier alpha value is -0.420. The molecule has 1 aromatic carbocycles. The summed E-state index contributed by atoms with van der Waals surface area (Å²) in [6.45, 7) is 7.36. The van der Waals surface area contributed by atoms with Crippen molar-refractivity contribution in [3.8, 4) is 0 Å². The molecule has 0 unspecified atom stereocenters. The average Bonchev–Trinajstić information content (AvgIpc) is 2.35. The summed E-state index contributed by atoms with van der Waals surface area (Å²) in [6, 6.07) is 5.38. The summed E-state index contributed by atoms with van der Waals surface area (Å²) in [5.41, 5.74) is 0.471. The summed E-state index contributed by atoms with van der Waals surface area (Å²) >= 11 is 9.45. The Morgan fingerprint density at radius 3 is 2.90 bits per heavy atom. The van der Waals surface area contributed by atoms with Crippen molar-refractivity contribution in [2.24, 2.45) is 0 Å². The Morgan fingerprint density at radius 2 is 2.25 bits per heavy atom. The Morgan fingerprint density at radius 1 is 1.50 bits per heavy atom. The largest absolute Gasteiger partial charge is 0.373 e. The van der Waals surface area contributed by atoms with Crippen LogP contribution in [0.1, 0.15) is 30.6 Å². The van der Waals surface area contributed by atoms with Crippen molar-refractivity contribution in [2.45, 2.75) is 25.9 Å². The number of Topliss-reactive ketones (excluding diaryl/α,β-unsaturated/α-hetero) is 1. The van der Waals surface area contributed by atoms with E-state index in [9.17, 15) is 4.79 Å². The summed E-state index contributed by atoms with van der Waals surface area (Å²) in [5.74, 6) is 0.0896. The number of ketones is 1. The number of halogens is 2. The van der Waals surface area contributed by atoms with Crippen molar-refractivity contribution in [1.82, 2.24) is 4.90 Å². The summed E-state index contributed by atoms with van der Waals surface area (Å²) in [4.78, 5) is 14.5. The smallest absolute Gasteiger partial charge is 0.165 e. The van der Waals surface area contributed by atoms with Gasteiger partial charge < -0.3 is 4.74 Å². The summed E-state index contributed by atoms with van der Waals surface area (Å²) in [5, 5.41) is 0.506. The SMILES string of the molecule is CC1(C)CN(CCC(=O)c2ccc(Br)cc2Cl)CCO1. The third-order valence-electron chi connectivity index (χ3n) is 3.39. The van der Waals surface area contributed by atoms with Crippen LogP contribution in [0.3, 0.4) is 0 Å². The predicted molar refractivity (Wildman–Crippen MR) is 84.6 cm³/mol. The van der Waals surface area contributed by atoms with Gasteiger partial charge in [-0.15, -0.1) is 0 Å². The van der Waals surface area contributed by atoms with E-state index in [-0.39, 0.29) is 11.4 Å². The molecular weight excluding hydrogens is 342 g/mol. The molecule has 1 saturated heterocycles. The third-order valence-corrected chi connectivity index (χ3v) is 4.20. The summed E-state index contributed by atoms with van der Waals surface area (Å²) in [7, 11) is 0. The maximum Gasteiger partial charge on any atom is 0.165 e. The van der Waals surface area contributed by atoms with Crippen LogP contribution in [0.5, 0.6) is 0 Å². The molecule has 1 aliphatic heterocycles. The van der Waals surface area contributed by atoms with Crippen molar-refractivity contribution in [3.05, 3.63) is 33.3 Å². The van der Waals surface area contributed by atoms with E-state index in [1.54, 1.807) is 12.1 Å². The lowest BCUT2D eigenvalue weighted by atomic mass is 10.1. The van der Waals surface area contributed by atoms with Crippen LogP contribution >= 0.6 is 27.5 Å². The van der Waals surface area contributed by atoms with Crippen molar-refractivity contribution in [2.75, 3.05) is 26.2 Å². The molecule has 2 rings (SSSR count). The van der Waals surface area contributed by atoms with Gasteiger partial charge in [0, 0.05) is 36.1 Å². The van der Waals surface area contributed by atoms with Crippen LogP contribution in [0, 0.1) is 0 Å². The molecule has 0 spiro atoms. The molecule has 0 amide bonds. The van der Waals surface area contributed by atoms with Gasteiger partial charge in [0.05, 0.1) is 17.2 Å². The van der Waals surface area contributed by atoms with Crippen LogP contribution in [0.25, 0.3) is 0 Å². The summed E-state index contributed by atoms with van der Waals surface area (Å²) in [6.07, 6.45) is 0.484. The number of hydrogen-bond donors (Lipinski definition) is 0. The molecule has 0 N–H and O–H groups in total. The van der Waals surface area contributed by atoms with E-state index in [0.29, 0.717) is 17.0 Å². The zero-order valence-electron chi connectivity index (χ0n) is 11.8. The highest BCUT2D eigenvalue weighted by atomic mass is 79.9. The third kappa shape index (κ3) is 4.29. The maximum absolute atomic E-state index is 12.2. The van der Waals surface area contributed by atoms with Crippen LogP contribution in [0.2, 0.25) is 5.02 Å². The minimum Gasteiger partial charge on any atom is -0.373 e. The Labute approximate surface area is 133 Å². The molecule has 0 aromatic heterocycles. The highest BCUT2D eigenvalue weighted by Crippen LogP contribution is 2.23. The van der Waals surface area contributed by atoms with E-state index >= 15 is 0 Å². The maximum atomic E-state index is 12.2. The molecule has 3 nitrogen and oxygen atoms in total. The van der Waals surface area contributed by atoms with E-state index in [2.05, 4.69) is 34.7 Å². The van der Waals surface area contributed by atoms with Crippen LogP contribution in [0.4, 0.5) is 0 Å². The minimum absolute atomic E-state index is 0.0896. The lowest BCUT2D eigenvalue weighted by molar-refractivity contribution is -0.0855. The fourth-order valence-electron chi connectivity index (χ4n) is 2.42. The number of rotatable bonds is 4. The fourth-order valence-corrected chi connectivity index (χ4v) is 3.19. The van der Waals surface area contributed by atoms with Gasteiger partial charge in [0.15, 0.2) is 5.78 Å². The first kappa shape index (κ1) is 16.0. The first-order valence-corrected chi connectivity index (χ1v) is 7.89. The number of ether oxygens (including phenoxy) is 1. The number of nitrogens with zero attached hydrogens (tertiary/aromatic N) is 1. The van der Waals surface area contributed by atoms with Gasteiger partial charge >= 0.3 is 0 Å². The fraction of sp³-hybridized carbons (Fsp3) is 0.533. The van der Waals surface area contributed by atoms with Gasteiger partial charge in [0.25, 0.3) is 0 Å². The van der Waals surface area contributed by atoms with Crippen molar-refractivity contribution in [1.29, 1.82) is 0 Å². The number of benzene rings is 1. The second kappa shape index (κ2) is 6.56. The van der Waals surface area contributed by atoms with E-state index in [1.807, 2.05) is 6.07 Å². The van der Waals surface area contributed by atoms with Gasteiger partial charge in [0.1, 0.15) is 0 Å². The monoisotopic (exact) mass is 359 g/mol. The Bertz CT molecular complexity index is 505. The van der Waals surface area contributed by atoms with E-state index < -0.39 is 0 Å². The van der Waals surface area contributed by atoms with E-state index in [1.165, 1.54) is 0 Å². The molecule has 1 fully saturated rings. The lowest BCUT2D eigenvalue weighted by Gasteiger charge is -2.38. The second-order valence-corrected chi connectivity index (χ2v) is 7.00. The average molecular weight is 361 g/mol. The number of carbonyl (C=O) groups is 1. The molecule has 1 heterocycles. The Balaban J connectivity index is 1.92. The standard InChI is InChI=1S/C15H19BrClNO2/c1-15(2)10-18(7-8-20-15)6-5-14(19)12-4-3-11(16)9-13(12)17/h3-4,9H,5-8,10H2,1-2H3. The number of hydrogen-bond acceptors (Lipinski definition) is 3. The number of morpholine rings is 1. The quantitative estimate of drug-likeness (QED) is 0.765. The van der Waals surface area contributed by atoms with Crippen LogP contribution in [-0.2, 0) is 4.74 Å². The lowest BCUT2D eigenvalue weighted by Crippen LogP contribution is -2.48. The topological polar surface area (TPSA) is 29.5 Å². The van der Waals surface area contributed by atoms with Gasteiger partial charge in [-0.25, -0.2) is 0 Å². The zero-order valence-corrected chi connectivity index (χ0v) is 14.1. The molecule has 5 heteroatoms. The van der Waals surface area contributed by atoms with Gasteiger partial charge in [-0.2, -0.15) is 0 Å². The second-order valence-electron chi connectivity index (χ2n) is 5.68. The molecule has 20 heavy (non-hydrogen) atoms. The normalized spacial score (nSPS) is 19.0. The minimum atomic E-state index is -0.128. The van der Waals surface area contributed by atoms with E-state index in [0.717, 1.165) is 30.7 Å². The van der Waals surface area contributed by atoms with Crippen molar-refractivity contribution >= 4 is 33.3 Å².